The third-order valence-corrected chi connectivity index (χ3v) is 4.58. The Morgan fingerprint density at radius 2 is 1.68 bits per heavy atom. The first-order valence-corrected chi connectivity index (χ1v) is 9.09. The molecule has 0 saturated heterocycles. The molecule has 0 aliphatic carbocycles. The topological polar surface area (TPSA) is 102 Å². The van der Waals surface area contributed by atoms with Crippen LogP contribution < -0.4 is 15.4 Å². The molecule has 2 aromatic carbocycles. The Hall–Kier alpha value is -3.30. The second-order valence-corrected chi connectivity index (χ2v) is 6.63. The molecule has 3 rings (SSSR count). The quantitative estimate of drug-likeness (QED) is 0.634. The molecule has 144 valence electrons. The molecular formula is C19H18N4O4S. The summed E-state index contributed by atoms with van der Waals surface area (Å²) in [6.45, 7) is -0.0319. The predicted molar refractivity (Wildman–Crippen MR) is 107 cm³/mol. The highest BCUT2D eigenvalue weighted by Gasteiger charge is 2.12. The zero-order chi connectivity index (χ0) is 19.9. The number of nitrogens with one attached hydrogen (secondary N) is 2. The Morgan fingerprint density at radius 1 is 0.964 bits per heavy atom. The van der Waals surface area contributed by atoms with Crippen molar-refractivity contribution in [1.29, 1.82) is 0 Å². The highest BCUT2D eigenvalue weighted by atomic mass is 32.1. The predicted octanol–water partition coefficient (Wildman–Crippen LogP) is 3.05. The summed E-state index contributed by atoms with van der Waals surface area (Å²) >= 11 is 1.27. The van der Waals surface area contributed by atoms with Gasteiger partial charge in [-0.2, -0.15) is 0 Å². The fraction of sp³-hybridized carbons (Fsp3) is 0.158. The SMILES string of the molecule is COCC(=O)Nc1ccc(C(=O)Nc2nnc(-c3ccc(OC)cc3)s2)cc1. The van der Waals surface area contributed by atoms with E-state index in [4.69, 9.17) is 9.47 Å². The van der Waals surface area contributed by atoms with Crippen LogP contribution in [-0.4, -0.2) is 42.8 Å². The van der Waals surface area contributed by atoms with Gasteiger partial charge >= 0.3 is 0 Å². The maximum atomic E-state index is 12.4. The zero-order valence-electron chi connectivity index (χ0n) is 15.3. The third kappa shape index (κ3) is 4.90. The normalized spacial score (nSPS) is 10.4. The number of methoxy groups -OCH3 is 2. The van der Waals surface area contributed by atoms with Gasteiger partial charge in [-0.1, -0.05) is 11.3 Å². The van der Waals surface area contributed by atoms with Crippen LogP contribution in [0.3, 0.4) is 0 Å². The molecule has 0 aliphatic heterocycles. The summed E-state index contributed by atoms with van der Waals surface area (Å²) < 4.78 is 9.89. The van der Waals surface area contributed by atoms with Crippen LogP contribution >= 0.6 is 11.3 Å². The van der Waals surface area contributed by atoms with Crippen molar-refractivity contribution in [3.63, 3.8) is 0 Å². The summed E-state index contributed by atoms with van der Waals surface area (Å²) in [5.74, 6) is 0.176. The molecule has 0 spiro atoms. The van der Waals surface area contributed by atoms with Crippen LogP contribution in [-0.2, 0) is 9.53 Å². The average Bonchev–Trinajstić information content (AvgIpc) is 3.17. The van der Waals surface area contributed by atoms with Crippen molar-refractivity contribution in [2.75, 3.05) is 31.5 Å². The minimum Gasteiger partial charge on any atom is -0.497 e. The van der Waals surface area contributed by atoms with Crippen molar-refractivity contribution in [3.05, 3.63) is 54.1 Å². The molecule has 0 bridgehead atoms. The molecule has 0 unspecified atom stereocenters. The summed E-state index contributed by atoms with van der Waals surface area (Å²) in [7, 11) is 3.05. The number of anilines is 2. The lowest BCUT2D eigenvalue weighted by Gasteiger charge is -2.06. The van der Waals surface area contributed by atoms with Gasteiger partial charge in [0, 0.05) is 23.9 Å². The number of ether oxygens (including phenoxy) is 2. The van der Waals surface area contributed by atoms with Crippen molar-refractivity contribution in [2.45, 2.75) is 0 Å². The third-order valence-electron chi connectivity index (χ3n) is 3.69. The maximum Gasteiger partial charge on any atom is 0.257 e. The van der Waals surface area contributed by atoms with Crippen LogP contribution in [0, 0.1) is 0 Å². The molecule has 9 heteroatoms. The van der Waals surface area contributed by atoms with Crippen LogP contribution in [0.2, 0.25) is 0 Å². The second kappa shape index (κ2) is 9.07. The highest BCUT2D eigenvalue weighted by molar-refractivity contribution is 7.18. The van der Waals surface area contributed by atoms with Gasteiger partial charge in [-0.25, -0.2) is 0 Å². The smallest absolute Gasteiger partial charge is 0.257 e. The van der Waals surface area contributed by atoms with E-state index in [2.05, 4.69) is 20.8 Å². The molecule has 28 heavy (non-hydrogen) atoms. The maximum absolute atomic E-state index is 12.4. The minimum absolute atomic E-state index is 0.0319. The standard InChI is InChI=1S/C19H18N4O4S/c1-26-11-16(24)20-14-7-3-12(4-8-14)17(25)21-19-23-22-18(28-19)13-5-9-15(27-2)10-6-13/h3-10H,11H2,1-2H3,(H,20,24)(H,21,23,25). The summed E-state index contributed by atoms with van der Waals surface area (Å²) in [6, 6.07) is 13.9. The number of aromatic nitrogens is 2. The van der Waals surface area contributed by atoms with E-state index in [1.165, 1.54) is 18.4 Å². The molecular weight excluding hydrogens is 380 g/mol. The lowest BCUT2D eigenvalue weighted by molar-refractivity contribution is -0.119. The number of carbonyl (C=O) groups excluding carboxylic acids is 2. The van der Waals surface area contributed by atoms with E-state index in [9.17, 15) is 9.59 Å². The van der Waals surface area contributed by atoms with Crippen LogP contribution in [0.5, 0.6) is 5.75 Å². The lowest BCUT2D eigenvalue weighted by Crippen LogP contribution is -2.17. The van der Waals surface area contributed by atoms with Gasteiger partial charge < -0.3 is 14.8 Å². The average molecular weight is 398 g/mol. The van der Waals surface area contributed by atoms with E-state index in [1.807, 2.05) is 24.3 Å². The van der Waals surface area contributed by atoms with Gasteiger partial charge in [-0.3, -0.25) is 14.9 Å². The van der Waals surface area contributed by atoms with Crippen molar-refractivity contribution < 1.29 is 19.1 Å². The Morgan fingerprint density at radius 3 is 2.32 bits per heavy atom. The first kappa shape index (κ1) is 19.5. The van der Waals surface area contributed by atoms with Gasteiger partial charge in [0.05, 0.1) is 7.11 Å². The van der Waals surface area contributed by atoms with E-state index in [0.29, 0.717) is 21.4 Å². The van der Waals surface area contributed by atoms with Gasteiger partial charge in [-0.15, -0.1) is 10.2 Å². The second-order valence-electron chi connectivity index (χ2n) is 5.65. The Kier molecular flexibility index (Phi) is 6.30. The Balaban J connectivity index is 1.63. The van der Waals surface area contributed by atoms with Crippen molar-refractivity contribution >= 4 is 34.0 Å². The van der Waals surface area contributed by atoms with Crippen LogP contribution in [0.1, 0.15) is 10.4 Å². The molecule has 0 atom stereocenters. The zero-order valence-corrected chi connectivity index (χ0v) is 16.1. The van der Waals surface area contributed by atoms with Gasteiger partial charge in [0.1, 0.15) is 17.4 Å². The van der Waals surface area contributed by atoms with Crippen LogP contribution in [0.15, 0.2) is 48.5 Å². The molecule has 0 fully saturated rings. The van der Waals surface area contributed by atoms with E-state index >= 15 is 0 Å². The van der Waals surface area contributed by atoms with Gasteiger partial charge in [-0.05, 0) is 48.5 Å². The largest absolute Gasteiger partial charge is 0.497 e. The number of benzene rings is 2. The first-order chi connectivity index (χ1) is 13.6. The molecule has 2 N–H and O–H groups in total. The molecule has 8 nitrogen and oxygen atoms in total. The van der Waals surface area contributed by atoms with Crippen molar-refractivity contribution in [3.8, 4) is 16.3 Å². The molecule has 0 radical (unpaired) electrons. The van der Waals surface area contributed by atoms with Gasteiger partial charge in [0.25, 0.3) is 5.91 Å². The lowest BCUT2D eigenvalue weighted by atomic mass is 10.2. The summed E-state index contributed by atoms with van der Waals surface area (Å²) in [6.07, 6.45) is 0. The molecule has 1 aromatic heterocycles. The fourth-order valence-electron chi connectivity index (χ4n) is 2.33. The minimum atomic E-state index is -0.313. The molecule has 1 heterocycles. The number of amides is 2. The number of rotatable bonds is 7. The van der Waals surface area contributed by atoms with E-state index in [0.717, 1.165) is 11.3 Å². The number of nitrogens with zero attached hydrogens (tertiary/aromatic N) is 2. The van der Waals surface area contributed by atoms with Crippen LogP contribution in [0.4, 0.5) is 10.8 Å². The molecule has 0 aliphatic rings. The number of hydrogen-bond acceptors (Lipinski definition) is 7. The van der Waals surface area contributed by atoms with Crippen LogP contribution in [0.25, 0.3) is 10.6 Å². The van der Waals surface area contributed by atoms with Gasteiger partial charge in [0.2, 0.25) is 11.0 Å². The highest BCUT2D eigenvalue weighted by Crippen LogP contribution is 2.28. The summed E-state index contributed by atoms with van der Waals surface area (Å²) in [5, 5.41) is 14.6. The number of hydrogen-bond donors (Lipinski definition) is 2. The molecule has 0 saturated carbocycles. The molecule has 2 amide bonds. The molecule has 3 aromatic rings. The summed E-state index contributed by atoms with van der Waals surface area (Å²) in [4.78, 5) is 23.9. The van der Waals surface area contributed by atoms with E-state index in [1.54, 1.807) is 31.4 Å². The Labute approximate surface area is 165 Å². The first-order valence-electron chi connectivity index (χ1n) is 8.27. The van der Waals surface area contributed by atoms with Crippen molar-refractivity contribution in [1.82, 2.24) is 10.2 Å². The van der Waals surface area contributed by atoms with Gasteiger partial charge in [0.15, 0.2) is 0 Å². The van der Waals surface area contributed by atoms with E-state index in [-0.39, 0.29) is 18.4 Å². The summed E-state index contributed by atoms with van der Waals surface area (Å²) in [5.41, 5.74) is 1.90. The monoisotopic (exact) mass is 398 g/mol. The number of carbonyl (C=O) groups is 2. The Bertz CT molecular complexity index is 955. The van der Waals surface area contributed by atoms with E-state index < -0.39 is 0 Å². The van der Waals surface area contributed by atoms with Crippen molar-refractivity contribution in [2.24, 2.45) is 0 Å². The fourth-order valence-corrected chi connectivity index (χ4v) is 3.07.